The van der Waals surface area contributed by atoms with Crippen molar-refractivity contribution in [1.29, 1.82) is 0 Å². The van der Waals surface area contributed by atoms with Crippen LogP contribution in [-0.2, 0) is 19.5 Å². The molecule has 0 radical (unpaired) electrons. The van der Waals surface area contributed by atoms with Gasteiger partial charge in [-0.1, -0.05) is 45.4 Å². The van der Waals surface area contributed by atoms with Gasteiger partial charge in [0.2, 0.25) is 5.82 Å². The van der Waals surface area contributed by atoms with E-state index in [1.807, 2.05) is 45.7 Å². The Balaban J connectivity index is 1.62. The highest BCUT2D eigenvalue weighted by atomic mass is 16.1. The lowest BCUT2D eigenvalue weighted by atomic mass is 10.0. The van der Waals surface area contributed by atoms with E-state index in [0.717, 1.165) is 60.3 Å². The van der Waals surface area contributed by atoms with Gasteiger partial charge in [-0.15, -0.1) is 10.2 Å². The Bertz CT molecular complexity index is 1240. The molecule has 0 aliphatic rings. The van der Waals surface area contributed by atoms with Crippen LogP contribution in [0.2, 0.25) is 0 Å². The molecule has 1 N–H and O–H groups in total. The van der Waals surface area contributed by atoms with Crippen LogP contribution in [0.5, 0.6) is 0 Å². The van der Waals surface area contributed by atoms with Crippen molar-refractivity contribution < 1.29 is 0 Å². The summed E-state index contributed by atoms with van der Waals surface area (Å²) in [4.78, 5) is 17.7. The zero-order valence-electron chi connectivity index (χ0n) is 19.5. The number of aryl methyl sites for hydroxylation is 2. The fraction of sp³-hybridized carbons (Fsp3) is 0.400. The SMILES string of the molecule is CCCCc1cn(CCC(C)C)c(=O)n1Cc1cc(-c2cccc(-c3nn[nH]n3)c2)ccn1. The van der Waals surface area contributed by atoms with Crippen LogP contribution < -0.4 is 5.69 Å². The third kappa shape index (κ3) is 5.45. The van der Waals surface area contributed by atoms with Gasteiger partial charge in [0.15, 0.2) is 0 Å². The van der Waals surface area contributed by atoms with Crippen LogP contribution in [0.15, 0.2) is 53.6 Å². The molecule has 3 heterocycles. The molecule has 33 heavy (non-hydrogen) atoms. The van der Waals surface area contributed by atoms with Gasteiger partial charge in [-0.25, -0.2) is 4.79 Å². The van der Waals surface area contributed by atoms with Gasteiger partial charge in [0.05, 0.1) is 12.2 Å². The van der Waals surface area contributed by atoms with Crippen molar-refractivity contribution in [3.8, 4) is 22.5 Å². The molecule has 1 aromatic carbocycles. The summed E-state index contributed by atoms with van der Waals surface area (Å²) in [5.41, 5.74) is 4.95. The minimum absolute atomic E-state index is 0.0491. The Morgan fingerprint density at radius 3 is 2.67 bits per heavy atom. The standard InChI is InChI=1S/C25H31N7O/c1-4-5-9-23-17-31(13-11-18(2)3)25(33)32(23)16-22-15-20(10-12-26-22)19-7-6-8-21(14-19)24-27-29-30-28-24/h6-8,10,12,14-15,17-18H,4-5,9,11,13,16H2,1-3H3,(H,27,28,29,30). The largest absolute Gasteiger partial charge is 0.328 e. The van der Waals surface area contributed by atoms with E-state index in [1.54, 1.807) is 6.20 Å². The monoisotopic (exact) mass is 445 g/mol. The molecule has 0 fully saturated rings. The van der Waals surface area contributed by atoms with Gasteiger partial charge in [0.1, 0.15) is 0 Å². The van der Waals surface area contributed by atoms with Crippen molar-refractivity contribution in [1.82, 2.24) is 34.7 Å². The molecule has 0 saturated carbocycles. The maximum Gasteiger partial charge on any atom is 0.328 e. The van der Waals surface area contributed by atoms with E-state index in [4.69, 9.17) is 0 Å². The minimum atomic E-state index is 0.0491. The number of unbranched alkanes of at least 4 members (excludes halogenated alkanes) is 1. The van der Waals surface area contributed by atoms with Crippen molar-refractivity contribution >= 4 is 0 Å². The lowest BCUT2D eigenvalue weighted by Crippen LogP contribution is -2.26. The molecular formula is C25H31N7O. The van der Waals surface area contributed by atoms with E-state index >= 15 is 0 Å². The first-order valence-corrected chi connectivity index (χ1v) is 11.6. The van der Waals surface area contributed by atoms with E-state index in [9.17, 15) is 4.79 Å². The molecule has 172 valence electrons. The van der Waals surface area contributed by atoms with Crippen molar-refractivity contribution in [2.75, 3.05) is 0 Å². The number of H-pyrrole nitrogens is 1. The van der Waals surface area contributed by atoms with Crippen LogP contribution >= 0.6 is 0 Å². The van der Waals surface area contributed by atoms with Crippen LogP contribution in [0.3, 0.4) is 0 Å². The van der Waals surface area contributed by atoms with Crippen LogP contribution in [0.4, 0.5) is 0 Å². The van der Waals surface area contributed by atoms with E-state index in [0.29, 0.717) is 18.3 Å². The molecule has 8 nitrogen and oxygen atoms in total. The summed E-state index contributed by atoms with van der Waals surface area (Å²) >= 11 is 0. The van der Waals surface area contributed by atoms with Crippen LogP contribution in [0, 0.1) is 5.92 Å². The second-order valence-electron chi connectivity index (χ2n) is 8.82. The predicted octanol–water partition coefficient (Wildman–Crippen LogP) is 4.33. The molecule has 0 saturated heterocycles. The number of rotatable bonds is 10. The summed E-state index contributed by atoms with van der Waals surface area (Å²) in [6, 6.07) is 12.0. The number of aromatic amines is 1. The number of imidazole rings is 1. The first kappa shape index (κ1) is 22.6. The summed E-state index contributed by atoms with van der Waals surface area (Å²) in [7, 11) is 0. The minimum Gasteiger partial charge on any atom is -0.299 e. The van der Waals surface area contributed by atoms with E-state index in [-0.39, 0.29) is 5.69 Å². The molecule has 8 heteroatoms. The summed E-state index contributed by atoms with van der Waals surface area (Å²) in [5, 5.41) is 14.3. The fourth-order valence-electron chi connectivity index (χ4n) is 3.89. The lowest BCUT2D eigenvalue weighted by molar-refractivity contribution is 0.502. The molecule has 0 aliphatic heterocycles. The highest BCUT2D eigenvalue weighted by molar-refractivity contribution is 5.70. The maximum absolute atomic E-state index is 13.2. The number of nitrogens with one attached hydrogen (secondary N) is 1. The Morgan fingerprint density at radius 1 is 1.09 bits per heavy atom. The van der Waals surface area contributed by atoms with Gasteiger partial charge < -0.3 is 0 Å². The molecule has 0 spiro atoms. The van der Waals surface area contributed by atoms with Crippen molar-refractivity contribution in [3.05, 3.63) is 70.7 Å². The van der Waals surface area contributed by atoms with Crippen molar-refractivity contribution in [2.24, 2.45) is 5.92 Å². The quantitative estimate of drug-likeness (QED) is 0.392. The zero-order chi connectivity index (χ0) is 23.2. The van der Waals surface area contributed by atoms with Crippen molar-refractivity contribution in [2.45, 2.75) is 59.5 Å². The molecule has 0 unspecified atom stereocenters. The average Bonchev–Trinajstić information content (AvgIpc) is 3.46. The predicted molar refractivity (Wildman–Crippen MR) is 129 cm³/mol. The second kappa shape index (κ2) is 10.4. The summed E-state index contributed by atoms with van der Waals surface area (Å²) < 4.78 is 3.75. The lowest BCUT2D eigenvalue weighted by Gasteiger charge is -2.09. The van der Waals surface area contributed by atoms with Gasteiger partial charge in [-0.05, 0) is 59.7 Å². The number of pyridine rings is 1. The van der Waals surface area contributed by atoms with Gasteiger partial charge >= 0.3 is 5.69 Å². The van der Waals surface area contributed by atoms with E-state index in [2.05, 4.69) is 52.4 Å². The number of benzene rings is 1. The van der Waals surface area contributed by atoms with Crippen LogP contribution in [-0.4, -0.2) is 34.7 Å². The third-order valence-corrected chi connectivity index (χ3v) is 5.80. The Hall–Kier alpha value is -3.55. The van der Waals surface area contributed by atoms with Gasteiger partial charge in [-0.3, -0.25) is 14.1 Å². The zero-order valence-corrected chi connectivity index (χ0v) is 19.5. The molecular weight excluding hydrogens is 414 g/mol. The molecule has 4 rings (SSSR count). The Morgan fingerprint density at radius 2 is 1.91 bits per heavy atom. The first-order valence-electron chi connectivity index (χ1n) is 11.6. The number of tetrazole rings is 1. The van der Waals surface area contributed by atoms with Gasteiger partial charge in [0.25, 0.3) is 0 Å². The maximum atomic E-state index is 13.2. The van der Waals surface area contributed by atoms with Gasteiger partial charge in [-0.2, -0.15) is 5.21 Å². The highest BCUT2D eigenvalue weighted by Crippen LogP contribution is 2.24. The van der Waals surface area contributed by atoms with Crippen LogP contribution in [0.1, 0.15) is 51.4 Å². The molecule has 0 atom stereocenters. The third-order valence-electron chi connectivity index (χ3n) is 5.80. The first-order chi connectivity index (χ1) is 16.0. The van der Waals surface area contributed by atoms with Gasteiger partial charge in [0, 0.05) is 30.2 Å². The normalized spacial score (nSPS) is 11.4. The number of hydrogen-bond donors (Lipinski definition) is 1. The number of aromatic nitrogens is 7. The molecule has 0 bridgehead atoms. The van der Waals surface area contributed by atoms with Crippen LogP contribution in [0.25, 0.3) is 22.5 Å². The summed E-state index contributed by atoms with van der Waals surface area (Å²) in [6.45, 7) is 7.75. The Kier molecular flexibility index (Phi) is 7.12. The smallest absolute Gasteiger partial charge is 0.299 e. The van der Waals surface area contributed by atoms with Crippen molar-refractivity contribution in [3.63, 3.8) is 0 Å². The molecule has 0 aliphatic carbocycles. The topological polar surface area (TPSA) is 94.3 Å². The number of hydrogen-bond acceptors (Lipinski definition) is 5. The summed E-state index contributed by atoms with van der Waals surface area (Å²) in [6.07, 6.45) is 7.88. The molecule has 0 amide bonds. The average molecular weight is 446 g/mol. The summed E-state index contributed by atoms with van der Waals surface area (Å²) in [5.74, 6) is 1.11. The fourth-order valence-corrected chi connectivity index (χ4v) is 3.89. The molecule has 4 aromatic rings. The van der Waals surface area contributed by atoms with E-state index < -0.39 is 0 Å². The highest BCUT2D eigenvalue weighted by Gasteiger charge is 2.13. The number of nitrogens with zero attached hydrogens (tertiary/aromatic N) is 6. The Labute approximate surface area is 193 Å². The molecule has 3 aromatic heterocycles. The van der Waals surface area contributed by atoms with E-state index in [1.165, 1.54) is 0 Å². The second-order valence-corrected chi connectivity index (χ2v) is 8.82.